The molecule has 1 aliphatic rings. The highest BCUT2D eigenvalue weighted by Gasteiger charge is 2.31. The molecule has 1 amide bonds. The summed E-state index contributed by atoms with van der Waals surface area (Å²) in [5, 5.41) is 0. The van der Waals surface area contributed by atoms with Crippen LogP contribution >= 0.6 is 15.9 Å². The summed E-state index contributed by atoms with van der Waals surface area (Å²) in [4.78, 5) is 24.6. The molecule has 0 aromatic heterocycles. The van der Waals surface area contributed by atoms with Crippen molar-refractivity contribution in [2.75, 3.05) is 4.90 Å². The number of aldehydes is 1. The molecular formula is C13H12BrNO2. The van der Waals surface area contributed by atoms with E-state index in [1.165, 1.54) is 0 Å². The number of amides is 1. The summed E-state index contributed by atoms with van der Waals surface area (Å²) in [6.07, 6.45) is 3.79. The Morgan fingerprint density at radius 2 is 2.24 bits per heavy atom. The number of carbonyl (C=O) groups excluding carboxylic acids is 2. The summed E-state index contributed by atoms with van der Waals surface area (Å²) >= 11 is 3.31. The van der Waals surface area contributed by atoms with Crippen LogP contribution in [0, 0.1) is 0 Å². The molecule has 2 rings (SSSR count). The fourth-order valence-corrected chi connectivity index (χ4v) is 2.46. The Morgan fingerprint density at radius 1 is 1.47 bits per heavy atom. The van der Waals surface area contributed by atoms with E-state index >= 15 is 0 Å². The number of rotatable bonds is 3. The minimum absolute atomic E-state index is 0.0117. The summed E-state index contributed by atoms with van der Waals surface area (Å²) in [5.74, 6) is 0.0420. The highest BCUT2D eigenvalue weighted by Crippen LogP contribution is 2.31. The quantitative estimate of drug-likeness (QED) is 0.635. The highest BCUT2D eigenvalue weighted by molar-refractivity contribution is 9.10. The molecule has 1 unspecified atom stereocenters. The van der Waals surface area contributed by atoms with Gasteiger partial charge in [0.2, 0.25) is 5.91 Å². The summed E-state index contributed by atoms with van der Waals surface area (Å²) in [5.41, 5.74) is 1.18. The van der Waals surface area contributed by atoms with Crippen LogP contribution in [0.1, 0.15) is 23.2 Å². The Bertz CT molecular complexity index is 484. The lowest BCUT2D eigenvalue weighted by atomic mass is 10.1. The van der Waals surface area contributed by atoms with Gasteiger partial charge in [-0.05, 0) is 24.6 Å². The van der Waals surface area contributed by atoms with Gasteiger partial charge in [0.05, 0.1) is 11.7 Å². The number of hydrogen-bond acceptors (Lipinski definition) is 2. The van der Waals surface area contributed by atoms with Crippen LogP contribution in [0.2, 0.25) is 0 Å². The van der Waals surface area contributed by atoms with E-state index in [2.05, 4.69) is 22.5 Å². The molecule has 4 heteroatoms. The predicted molar refractivity (Wildman–Crippen MR) is 70.2 cm³/mol. The average molecular weight is 294 g/mol. The van der Waals surface area contributed by atoms with Gasteiger partial charge in [0, 0.05) is 16.5 Å². The third kappa shape index (κ3) is 2.17. The van der Waals surface area contributed by atoms with E-state index in [4.69, 9.17) is 0 Å². The minimum atomic E-state index is -0.0117. The van der Waals surface area contributed by atoms with E-state index in [1.54, 1.807) is 23.1 Å². The molecule has 3 nitrogen and oxygen atoms in total. The molecule has 0 saturated carbocycles. The van der Waals surface area contributed by atoms with E-state index in [1.807, 2.05) is 6.07 Å². The van der Waals surface area contributed by atoms with Gasteiger partial charge in [-0.25, -0.2) is 0 Å². The topological polar surface area (TPSA) is 37.4 Å². The van der Waals surface area contributed by atoms with Gasteiger partial charge < -0.3 is 4.90 Å². The summed E-state index contributed by atoms with van der Waals surface area (Å²) in [6.45, 7) is 3.73. The molecule has 0 aliphatic carbocycles. The molecule has 1 heterocycles. The van der Waals surface area contributed by atoms with Gasteiger partial charge in [-0.2, -0.15) is 0 Å². The number of halogens is 1. The maximum absolute atomic E-state index is 11.8. The monoisotopic (exact) mass is 293 g/mol. The van der Waals surface area contributed by atoms with E-state index in [9.17, 15) is 9.59 Å². The first-order chi connectivity index (χ1) is 8.17. The molecule has 0 spiro atoms. The SMILES string of the molecule is C=CC1CCC(=O)N1c1ccc(Br)cc1C=O. The number of carbonyl (C=O) groups is 2. The van der Waals surface area contributed by atoms with Gasteiger partial charge in [0.15, 0.2) is 6.29 Å². The van der Waals surface area contributed by atoms with Crippen LogP contribution in [0.5, 0.6) is 0 Å². The van der Waals surface area contributed by atoms with Gasteiger partial charge in [0.1, 0.15) is 0 Å². The molecule has 88 valence electrons. The van der Waals surface area contributed by atoms with Gasteiger partial charge in [-0.1, -0.05) is 22.0 Å². The van der Waals surface area contributed by atoms with Crippen molar-refractivity contribution < 1.29 is 9.59 Å². The smallest absolute Gasteiger partial charge is 0.227 e. The Kier molecular flexibility index (Phi) is 3.43. The first-order valence-electron chi connectivity index (χ1n) is 5.36. The average Bonchev–Trinajstić information content (AvgIpc) is 2.70. The zero-order chi connectivity index (χ0) is 12.4. The predicted octanol–water partition coefficient (Wildman–Crippen LogP) is 2.94. The first-order valence-corrected chi connectivity index (χ1v) is 6.16. The third-order valence-electron chi connectivity index (χ3n) is 2.90. The van der Waals surface area contributed by atoms with Gasteiger partial charge in [0.25, 0.3) is 0 Å². The van der Waals surface area contributed by atoms with Crippen LogP contribution in [-0.2, 0) is 4.79 Å². The van der Waals surface area contributed by atoms with Crippen LogP contribution in [0.25, 0.3) is 0 Å². The van der Waals surface area contributed by atoms with E-state index in [0.717, 1.165) is 17.2 Å². The lowest BCUT2D eigenvalue weighted by Gasteiger charge is -2.23. The maximum atomic E-state index is 11.8. The minimum Gasteiger partial charge on any atom is -0.305 e. The van der Waals surface area contributed by atoms with Crippen LogP contribution < -0.4 is 4.90 Å². The van der Waals surface area contributed by atoms with Crippen LogP contribution in [0.3, 0.4) is 0 Å². The van der Waals surface area contributed by atoms with Gasteiger partial charge >= 0.3 is 0 Å². The Labute approximate surface area is 108 Å². The standard InChI is InChI=1S/C13H12BrNO2/c1-2-11-4-6-13(17)15(11)12-5-3-10(14)7-9(12)8-16/h2-3,5,7-8,11H,1,4,6H2. The van der Waals surface area contributed by atoms with Crippen molar-refractivity contribution in [1.29, 1.82) is 0 Å². The molecule has 0 N–H and O–H groups in total. The Balaban J connectivity index is 2.48. The summed E-state index contributed by atoms with van der Waals surface area (Å²) in [7, 11) is 0. The van der Waals surface area contributed by atoms with Crippen molar-refractivity contribution in [3.05, 3.63) is 40.9 Å². The zero-order valence-electron chi connectivity index (χ0n) is 9.23. The molecule has 1 saturated heterocycles. The number of anilines is 1. The van der Waals surface area contributed by atoms with Crippen LogP contribution in [-0.4, -0.2) is 18.2 Å². The van der Waals surface area contributed by atoms with Crippen LogP contribution in [0.15, 0.2) is 35.3 Å². The first kappa shape index (κ1) is 12.0. The van der Waals surface area contributed by atoms with E-state index < -0.39 is 0 Å². The fourth-order valence-electron chi connectivity index (χ4n) is 2.08. The second-order valence-electron chi connectivity index (χ2n) is 3.93. The highest BCUT2D eigenvalue weighted by atomic mass is 79.9. The van der Waals surface area contributed by atoms with Crippen molar-refractivity contribution in [2.24, 2.45) is 0 Å². The van der Waals surface area contributed by atoms with E-state index in [-0.39, 0.29) is 11.9 Å². The second kappa shape index (κ2) is 4.84. The number of hydrogen-bond donors (Lipinski definition) is 0. The van der Waals surface area contributed by atoms with Crippen molar-refractivity contribution in [3.63, 3.8) is 0 Å². The molecule has 1 aliphatic heterocycles. The van der Waals surface area contributed by atoms with Gasteiger partial charge in [-0.3, -0.25) is 9.59 Å². The number of benzene rings is 1. The van der Waals surface area contributed by atoms with Crippen molar-refractivity contribution in [1.82, 2.24) is 0 Å². The maximum Gasteiger partial charge on any atom is 0.227 e. The molecule has 0 radical (unpaired) electrons. The fraction of sp³-hybridized carbons (Fsp3) is 0.231. The molecule has 1 aromatic rings. The Morgan fingerprint density at radius 3 is 2.88 bits per heavy atom. The third-order valence-corrected chi connectivity index (χ3v) is 3.40. The largest absolute Gasteiger partial charge is 0.305 e. The molecule has 1 aromatic carbocycles. The molecule has 1 atom stereocenters. The Hall–Kier alpha value is -1.42. The van der Waals surface area contributed by atoms with Crippen molar-refractivity contribution >= 4 is 33.8 Å². The van der Waals surface area contributed by atoms with Crippen molar-refractivity contribution in [2.45, 2.75) is 18.9 Å². The van der Waals surface area contributed by atoms with Crippen molar-refractivity contribution in [3.8, 4) is 0 Å². The number of nitrogens with zero attached hydrogens (tertiary/aromatic N) is 1. The normalized spacial score (nSPS) is 19.5. The lowest BCUT2D eigenvalue weighted by molar-refractivity contribution is -0.117. The molecule has 0 bridgehead atoms. The summed E-state index contributed by atoms with van der Waals surface area (Å²) in [6, 6.07) is 5.32. The van der Waals surface area contributed by atoms with Gasteiger partial charge in [-0.15, -0.1) is 6.58 Å². The van der Waals surface area contributed by atoms with E-state index in [0.29, 0.717) is 17.7 Å². The molecular weight excluding hydrogens is 282 g/mol. The lowest BCUT2D eigenvalue weighted by Crippen LogP contribution is -2.32. The zero-order valence-corrected chi connectivity index (χ0v) is 10.8. The summed E-state index contributed by atoms with van der Waals surface area (Å²) < 4.78 is 0.824. The molecule has 17 heavy (non-hydrogen) atoms. The second-order valence-corrected chi connectivity index (χ2v) is 4.84. The van der Waals surface area contributed by atoms with Crippen LogP contribution in [0.4, 0.5) is 5.69 Å². The molecule has 1 fully saturated rings.